The Morgan fingerprint density at radius 1 is 1.18 bits per heavy atom. The number of carbonyl (C=O) groups excluding carboxylic acids is 1. The molecule has 0 saturated heterocycles. The predicted molar refractivity (Wildman–Crippen MR) is 108 cm³/mol. The number of nitrogens with zero attached hydrogens (tertiary/aromatic N) is 3. The molecule has 1 aromatic heterocycles. The fourth-order valence-electron chi connectivity index (χ4n) is 2.77. The van der Waals surface area contributed by atoms with Crippen LogP contribution in [0.3, 0.4) is 0 Å². The molecule has 144 valence electrons. The lowest BCUT2D eigenvalue weighted by molar-refractivity contribution is -0.134. The van der Waals surface area contributed by atoms with Crippen LogP contribution in [0.2, 0.25) is 5.02 Å². The van der Waals surface area contributed by atoms with E-state index in [0.717, 1.165) is 17.3 Å². The van der Waals surface area contributed by atoms with Crippen LogP contribution in [-0.4, -0.2) is 33.7 Å². The normalized spacial score (nSPS) is 13.4. The zero-order chi connectivity index (χ0) is 19.5. The van der Waals surface area contributed by atoms with Crippen LogP contribution in [-0.2, 0) is 11.3 Å². The molecule has 1 saturated carbocycles. The molecule has 1 heterocycles. The summed E-state index contributed by atoms with van der Waals surface area (Å²) in [5, 5.41) is 8.68. The summed E-state index contributed by atoms with van der Waals surface area (Å²) >= 11 is 9.56. The van der Waals surface area contributed by atoms with Gasteiger partial charge in [0.05, 0.1) is 17.1 Å². The molecule has 6 nitrogen and oxygen atoms in total. The molecule has 0 aliphatic heterocycles. The molecule has 1 fully saturated rings. The highest BCUT2D eigenvalue weighted by Crippen LogP contribution is 2.30. The highest BCUT2D eigenvalue weighted by Gasteiger charge is 2.34. The number of benzene rings is 2. The summed E-state index contributed by atoms with van der Waals surface area (Å²) in [6.45, 7) is 0.217. The monoisotopic (exact) mass is 461 g/mol. The number of rotatable bonds is 7. The first-order valence-electron chi connectivity index (χ1n) is 8.85. The molecule has 0 bridgehead atoms. The van der Waals surface area contributed by atoms with Crippen LogP contribution in [0.15, 0.2) is 57.4 Å². The van der Waals surface area contributed by atoms with Gasteiger partial charge in [-0.3, -0.25) is 4.79 Å². The second-order valence-electron chi connectivity index (χ2n) is 6.48. The van der Waals surface area contributed by atoms with E-state index in [9.17, 15) is 4.79 Å². The van der Waals surface area contributed by atoms with Gasteiger partial charge in [0.2, 0.25) is 11.8 Å². The van der Waals surface area contributed by atoms with Gasteiger partial charge in [-0.1, -0.05) is 39.7 Å². The SMILES string of the molecule is O=C(COc1ccc(Br)cc1)N(Cc1nnc(-c2ccccc2Cl)o1)C1CC1. The maximum Gasteiger partial charge on any atom is 0.261 e. The van der Waals surface area contributed by atoms with Crippen molar-refractivity contribution >= 4 is 33.4 Å². The molecule has 0 unspecified atom stereocenters. The summed E-state index contributed by atoms with van der Waals surface area (Å²) in [5.41, 5.74) is 0.672. The van der Waals surface area contributed by atoms with Crippen molar-refractivity contribution < 1.29 is 13.9 Å². The van der Waals surface area contributed by atoms with Crippen LogP contribution >= 0.6 is 27.5 Å². The van der Waals surface area contributed by atoms with Gasteiger partial charge >= 0.3 is 0 Å². The standard InChI is InChI=1S/C20H17BrClN3O3/c21-13-5-9-15(10-6-13)27-12-19(26)25(14-7-8-14)11-18-23-24-20(28-18)16-3-1-2-4-17(16)22/h1-6,9-10,14H,7-8,11-12H2. The van der Waals surface area contributed by atoms with E-state index in [1.807, 2.05) is 42.5 Å². The minimum absolute atomic E-state index is 0.0381. The van der Waals surface area contributed by atoms with Gasteiger partial charge in [-0.2, -0.15) is 0 Å². The van der Waals surface area contributed by atoms with Gasteiger partial charge in [0.15, 0.2) is 6.61 Å². The van der Waals surface area contributed by atoms with Gasteiger partial charge in [0.25, 0.3) is 5.91 Å². The number of aromatic nitrogens is 2. The Kier molecular flexibility index (Phi) is 5.64. The summed E-state index contributed by atoms with van der Waals surface area (Å²) < 4.78 is 12.3. The maximum absolute atomic E-state index is 12.7. The molecule has 1 aliphatic rings. The van der Waals surface area contributed by atoms with Crippen LogP contribution in [0.5, 0.6) is 5.75 Å². The van der Waals surface area contributed by atoms with Gasteiger partial charge in [0.1, 0.15) is 5.75 Å². The Morgan fingerprint density at radius 2 is 1.93 bits per heavy atom. The lowest BCUT2D eigenvalue weighted by Crippen LogP contribution is -2.36. The van der Waals surface area contributed by atoms with E-state index in [4.69, 9.17) is 20.8 Å². The number of hydrogen-bond donors (Lipinski definition) is 0. The zero-order valence-electron chi connectivity index (χ0n) is 14.8. The third kappa shape index (κ3) is 4.54. The number of carbonyl (C=O) groups is 1. The Balaban J connectivity index is 1.42. The Labute approximate surface area is 175 Å². The van der Waals surface area contributed by atoms with Gasteiger partial charge in [-0.05, 0) is 49.2 Å². The average Bonchev–Trinajstić information content (AvgIpc) is 3.44. The first-order chi connectivity index (χ1) is 13.6. The van der Waals surface area contributed by atoms with E-state index in [1.54, 1.807) is 11.0 Å². The topological polar surface area (TPSA) is 68.5 Å². The molecule has 0 spiro atoms. The molecule has 1 amide bonds. The van der Waals surface area contributed by atoms with Gasteiger partial charge < -0.3 is 14.1 Å². The van der Waals surface area contributed by atoms with Crippen molar-refractivity contribution in [2.75, 3.05) is 6.61 Å². The van der Waals surface area contributed by atoms with E-state index in [2.05, 4.69) is 26.1 Å². The van der Waals surface area contributed by atoms with E-state index in [-0.39, 0.29) is 25.1 Å². The number of halogens is 2. The molecule has 4 rings (SSSR count). The van der Waals surface area contributed by atoms with Crippen molar-refractivity contribution in [3.8, 4) is 17.2 Å². The van der Waals surface area contributed by atoms with Gasteiger partial charge in [-0.25, -0.2) is 0 Å². The third-order valence-electron chi connectivity index (χ3n) is 4.36. The van der Waals surface area contributed by atoms with Crippen molar-refractivity contribution in [3.05, 3.63) is 63.9 Å². The summed E-state index contributed by atoms with van der Waals surface area (Å²) in [7, 11) is 0. The molecule has 0 atom stereocenters. The van der Waals surface area contributed by atoms with Crippen molar-refractivity contribution in [2.45, 2.75) is 25.4 Å². The number of ether oxygens (including phenoxy) is 1. The minimum atomic E-state index is -0.108. The summed E-state index contributed by atoms with van der Waals surface area (Å²) in [6, 6.07) is 14.8. The van der Waals surface area contributed by atoms with Gasteiger partial charge in [0, 0.05) is 10.5 Å². The fourth-order valence-corrected chi connectivity index (χ4v) is 3.25. The number of amides is 1. The van der Waals surface area contributed by atoms with Crippen LogP contribution in [0.25, 0.3) is 11.5 Å². The van der Waals surface area contributed by atoms with Gasteiger partial charge in [-0.15, -0.1) is 10.2 Å². The van der Waals surface area contributed by atoms with Crippen LogP contribution in [0.4, 0.5) is 0 Å². The Hall–Kier alpha value is -2.38. The summed E-state index contributed by atoms with van der Waals surface area (Å²) in [6.07, 6.45) is 1.94. The molecule has 28 heavy (non-hydrogen) atoms. The molecular weight excluding hydrogens is 446 g/mol. The molecule has 8 heteroatoms. The first kappa shape index (κ1) is 19.0. The predicted octanol–water partition coefficient (Wildman–Crippen LogP) is 4.72. The third-order valence-corrected chi connectivity index (χ3v) is 5.22. The van der Waals surface area contributed by atoms with Crippen LogP contribution in [0.1, 0.15) is 18.7 Å². The highest BCUT2D eigenvalue weighted by molar-refractivity contribution is 9.10. The van der Waals surface area contributed by atoms with Crippen LogP contribution in [0, 0.1) is 0 Å². The van der Waals surface area contributed by atoms with Crippen molar-refractivity contribution in [1.82, 2.24) is 15.1 Å². The minimum Gasteiger partial charge on any atom is -0.484 e. The molecule has 0 radical (unpaired) electrons. The second-order valence-corrected chi connectivity index (χ2v) is 7.80. The first-order valence-corrected chi connectivity index (χ1v) is 10.0. The highest BCUT2D eigenvalue weighted by atomic mass is 79.9. The Bertz CT molecular complexity index is 973. The summed E-state index contributed by atoms with van der Waals surface area (Å²) in [4.78, 5) is 14.4. The lowest BCUT2D eigenvalue weighted by atomic mass is 10.2. The largest absolute Gasteiger partial charge is 0.484 e. The van der Waals surface area contributed by atoms with Crippen LogP contribution < -0.4 is 4.74 Å². The molecule has 0 N–H and O–H groups in total. The second kappa shape index (κ2) is 8.32. The maximum atomic E-state index is 12.7. The lowest BCUT2D eigenvalue weighted by Gasteiger charge is -2.20. The van der Waals surface area contributed by atoms with E-state index in [0.29, 0.717) is 28.1 Å². The molecule has 2 aromatic carbocycles. The Morgan fingerprint density at radius 3 is 2.64 bits per heavy atom. The average molecular weight is 463 g/mol. The molecule has 3 aromatic rings. The molecular formula is C20H17BrClN3O3. The fraction of sp³-hybridized carbons (Fsp3) is 0.250. The number of hydrogen-bond acceptors (Lipinski definition) is 5. The van der Waals surface area contributed by atoms with E-state index >= 15 is 0 Å². The zero-order valence-corrected chi connectivity index (χ0v) is 17.2. The summed E-state index contributed by atoms with van der Waals surface area (Å²) in [5.74, 6) is 1.25. The van der Waals surface area contributed by atoms with E-state index < -0.39 is 0 Å². The quantitative estimate of drug-likeness (QED) is 0.508. The van der Waals surface area contributed by atoms with Crippen molar-refractivity contribution in [2.24, 2.45) is 0 Å². The smallest absolute Gasteiger partial charge is 0.261 e. The van der Waals surface area contributed by atoms with Crippen molar-refractivity contribution in [1.29, 1.82) is 0 Å². The van der Waals surface area contributed by atoms with Crippen molar-refractivity contribution in [3.63, 3.8) is 0 Å². The molecule has 1 aliphatic carbocycles. The van der Waals surface area contributed by atoms with E-state index in [1.165, 1.54) is 0 Å².